The van der Waals surface area contributed by atoms with Gasteiger partial charge in [-0.1, -0.05) is 13.2 Å². The third kappa shape index (κ3) is 3.94. The molecule has 12 heavy (non-hydrogen) atoms. The summed E-state index contributed by atoms with van der Waals surface area (Å²) in [6, 6.07) is 0. The number of hydrogen-bond acceptors (Lipinski definition) is 4. The minimum atomic E-state index is -1.62. The van der Waals surface area contributed by atoms with Crippen LogP contribution in [-0.2, 0) is 9.47 Å². The molecule has 0 aliphatic carbocycles. The second-order valence-corrected chi connectivity index (χ2v) is 1.58. The summed E-state index contributed by atoms with van der Waals surface area (Å²) >= 11 is 0. The topological polar surface area (TPSA) is 93.1 Å². The Bertz CT molecular complexity index is 214. The number of ether oxygens (including phenoxy) is 2. The van der Waals surface area contributed by atoms with Crippen LogP contribution in [0.5, 0.6) is 0 Å². The van der Waals surface area contributed by atoms with E-state index in [0.717, 1.165) is 0 Å². The highest BCUT2D eigenvalue weighted by Gasteiger charge is 2.10. The van der Waals surface area contributed by atoms with E-state index in [4.69, 9.17) is 10.2 Å². The molecule has 0 spiro atoms. The second kappa shape index (κ2) is 4.02. The molecule has 0 fully saturated rings. The van der Waals surface area contributed by atoms with E-state index in [2.05, 4.69) is 22.6 Å². The maximum Gasteiger partial charge on any atom is 0.511 e. The van der Waals surface area contributed by atoms with Gasteiger partial charge in [-0.3, -0.25) is 0 Å². The predicted octanol–water partition coefficient (Wildman–Crippen LogP) is 1.40. The van der Waals surface area contributed by atoms with Crippen molar-refractivity contribution in [3.05, 3.63) is 24.7 Å². The van der Waals surface area contributed by atoms with Crippen molar-refractivity contribution in [1.29, 1.82) is 0 Å². The van der Waals surface area contributed by atoms with E-state index >= 15 is 0 Å². The SMILES string of the molecule is C=C(OC(=O)O)C(=C)OC(=O)O. The van der Waals surface area contributed by atoms with Crippen molar-refractivity contribution in [2.24, 2.45) is 0 Å². The maximum atomic E-state index is 9.87. The van der Waals surface area contributed by atoms with Crippen LogP contribution in [0.1, 0.15) is 0 Å². The molecule has 0 bridgehead atoms. The molecule has 0 aliphatic heterocycles. The summed E-state index contributed by atoms with van der Waals surface area (Å²) in [7, 11) is 0. The molecule has 6 nitrogen and oxygen atoms in total. The van der Waals surface area contributed by atoms with E-state index in [1.165, 1.54) is 0 Å². The molecule has 0 saturated carbocycles. The van der Waals surface area contributed by atoms with Crippen molar-refractivity contribution in [3.8, 4) is 0 Å². The van der Waals surface area contributed by atoms with Gasteiger partial charge in [-0.25, -0.2) is 9.59 Å². The normalized spacial score (nSPS) is 8.33. The van der Waals surface area contributed by atoms with Crippen LogP contribution in [0.4, 0.5) is 9.59 Å². The molecule has 0 amide bonds. The molecular weight excluding hydrogens is 168 g/mol. The minimum absolute atomic E-state index is 0.468. The van der Waals surface area contributed by atoms with Crippen molar-refractivity contribution >= 4 is 12.3 Å². The Kier molecular flexibility index (Phi) is 3.35. The first-order valence-corrected chi connectivity index (χ1v) is 2.63. The first kappa shape index (κ1) is 10.0. The first-order chi connectivity index (χ1) is 5.43. The van der Waals surface area contributed by atoms with Crippen LogP contribution in [0.15, 0.2) is 24.7 Å². The van der Waals surface area contributed by atoms with Crippen LogP contribution in [0.25, 0.3) is 0 Å². The standard InChI is InChI=1S/C6H6O6/c1-3(11-5(7)8)4(2)12-6(9)10/h1-2H2,(H,7,8)(H,9,10). The summed E-state index contributed by atoms with van der Waals surface area (Å²) in [4.78, 5) is 19.7. The monoisotopic (exact) mass is 174 g/mol. The van der Waals surface area contributed by atoms with Crippen molar-refractivity contribution < 1.29 is 29.3 Å². The van der Waals surface area contributed by atoms with Crippen LogP contribution in [0.3, 0.4) is 0 Å². The largest absolute Gasteiger partial charge is 0.511 e. The number of carboxylic acid groups (broad SMARTS) is 2. The molecule has 0 aromatic heterocycles. The van der Waals surface area contributed by atoms with Gasteiger partial charge in [0.25, 0.3) is 0 Å². The lowest BCUT2D eigenvalue weighted by molar-refractivity contribution is 0.0968. The van der Waals surface area contributed by atoms with Gasteiger partial charge in [0.05, 0.1) is 0 Å². The lowest BCUT2D eigenvalue weighted by atomic mass is 10.5. The molecule has 2 N–H and O–H groups in total. The van der Waals surface area contributed by atoms with Gasteiger partial charge in [-0.05, 0) is 0 Å². The van der Waals surface area contributed by atoms with E-state index in [0.29, 0.717) is 0 Å². The first-order valence-electron chi connectivity index (χ1n) is 2.63. The van der Waals surface area contributed by atoms with Gasteiger partial charge in [-0.15, -0.1) is 0 Å². The van der Waals surface area contributed by atoms with E-state index in [9.17, 15) is 9.59 Å². The summed E-state index contributed by atoms with van der Waals surface area (Å²) in [6.45, 7) is 6.11. The number of hydrogen-bond donors (Lipinski definition) is 2. The summed E-state index contributed by atoms with van der Waals surface area (Å²) in [5.74, 6) is -0.935. The lowest BCUT2D eigenvalue weighted by Gasteiger charge is -2.04. The molecule has 0 aromatic rings. The van der Waals surface area contributed by atoms with Crippen LogP contribution in [0, 0.1) is 0 Å². The van der Waals surface area contributed by atoms with E-state index in [1.54, 1.807) is 0 Å². The highest BCUT2D eigenvalue weighted by molar-refractivity contribution is 5.61. The smallest absolute Gasteiger partial charge is 0.449 e. The van der Waals surface area contributed by atoms with Crippen LogP contribution < -0.4 is 0 Å². The van der Waals surface area contributed by atoms with Gasteiger partial charge in [0, 0.05) is 0 Å². The van der Waals surface area contributed by atoms with Crippen molar-refractivity contribution in [3.63, 3.8) is 0 Å². The van der Waals surface area contributed by atoms with Crippen molar-refractivity contribution in [2.45, 2.75) is 0 Å². The number of carbonyl (C=O) groups is 2. The van der Waals surface area contributed by atoms with Gasteiger partial charge in [0.2, 0.25) is 0 Å². The van der Waals surface area contributed by atoms with Gasteiger partial charge >= 0.3 is 12.3 Å². The molecule has 6 heteroatoms. The molecule has 0 atom stereocenters. The van der Waals surface area contributed by atoms with Crippen molar-refractivity contribution in [2.75, 3.05) is 0 Å². The average Bonchev–Trinajstić information content (AvgIpc) is 1.84. The fourth-order valence-corrected chi connectivity index (χ4v) is 0.325. The molecule has 0 radical (unpaired) electrons. The highest BCUT2D eigenvalue weighted by atomic mass is 16.7. The molecule has 0 aliphatic rings. The maximum absolute atomic E-state index is 9.87. The Morgan fingerprint density at radius 2 is 1.17 bits per heavy atom. The zero-order valence-electron chi connectivity index (χ0n) is 5.94. The van der Waals surface area contributed by atoms with E-state index in [-0.39, 0.29) is 0 Å². The summed E-state index contributed by atoms with van der Waals surface area (Å²) in [5.41, 5.74) is 0. The molecular formula is C6H6O6. The average molecular weight is 174 g/mol. The fourth-order valence-electron chi connectivity index (χ4n) is 0.325. The fraction of sp³-hybridized carbons (Fsp3) is 0. The van der Waals surface area contributed by atoms with Crippen LogP contribution in [0.2, 0.25) is 0 Å². The van der Waals surface area contributed by atoms with E-state index < -0.39 is 23.8 Å². The molecule has 0 heterocycles. The van der Waals surface area contributed by atoms with Gasteiger partial charge < -0.3 is 19.7 Å². The minimum Gasteiger partial charge on any atom is -0.449 e. The highest BCUT2D eigenvalue weighted by Crippen LogP contribution is 2.08. The summed E-state index contributed by atoms with van der Waals surface area (Å²) in [5, 5.41) is 16.1. The Hall–Kier alpha value is -1.98. The molecule has 0 saturated heterocycles. The Morgan fingerprint density at radius 1 is 0.917 bits per heavy atom. The molecule has 66 valence electrons. The van der Waals surface area contributed by atoms with E-state index in [1.807, 2.05) is 0 Å². The summed E-state index contributed by atoms with van der Waals surface area (Å²) < 4.78 is 7.89. The molecule has 0 aromatic carbocycles. The van der Waals surface area contributed by atoms with Crippen molar-refractivity contribution in [1.82, 2.24) is 0 Å². The quantitative estimate of drug-likeness (QED) is 0.381. The Morgan fingerprint density at radius 3 is 1.33 bits per heavy atom. The molecule has 0 unspecified atom stereocenters. The lowest BCUT2D eigenvalue weighted by Crippen LogP contribution is -2.06. The third-order valence-electron chi connectivity index (χ3n) is 0.732. The van der Waals surface area contributed by atoms with Crippen LogP contribution >= 0.6 is 0 Å². The third-order valence-corrected chi connectivity index (χ3v) is 0.732. The predicted molar refractivity (Wildman–Crippen MR) is 36.5 cm³/mol. The zero-order valence-corrected chi connectivity index (χ0v) is 5.94. The summed E-state index contributed by atoms with van der Waals surface area (Å²) in [6.07, 6.45) is -3.23. The number of rotatable bonds is 3. The second-order valence-electron chi connectivity index (χ2n) is 1.58. The van der Waals surface area contributed by atoms with Gasteiger partial charge in [0.1, 0.15) is 0 Å². The Labute approximate surface area is 67.3 Å². The van der Waals surface area contributed by atoms with Gasteiger partial charge in [-0.2, -0.15) is 0 Å². The van der Waals surface area contributed by atoms with Crippen LogP contribution in [-0.4, -0.2) is 22.5 Å². The van der Waals surface area contributed by atoms with Gasteiger partial charge in [0.15, 0.2) is 11.5 Å². The molecule has 0 rings (SSSR count). The Balaban J connectivity index is 4.03. The zero-order chi connectivity index (χ0) is 9.72.